The van der Waals surface area contributed by atoms with Gasteiger partial charge in [-0.3, -0.25) is 0 Å². The third kappa shape index (κ3) is 12.4. The van der Waals surface area contributed by atoms with Crippen LogP contribution in [0.2, 0.25) is 0 Å². The molecule has 6 aliphatic rings. The van der Waals surface area contributed by atoms with Gasteiger partial charge in [0.2, 0.25) is 0 Å². The number of allylic oxidation sites excluding steroid dienone is 6. The summed E-state index contributed by atoms with van der Waals surface area (Å²) in [5, 5.41) is 77.0. The first-order valence-corrected chi connectivity index (χ1v) is 14.9. The maximum absolute atomic E-state index is 10.8. The molecule has 0 aromatic heterocycles. The fourth-order valence-electron chi connectivity index (χ4n) is 4.22. The quantitative estimate of drug-likeness (QED) is 0.210. The first-order valence-electron chi connectivity index (χ1n) is 14.9. The summed E-state index contributed by atoms with van der Waals surface area (Å²) in [6.07, 6.45) is 24.2. The van der Waals surface area contributed by atoms with Crippen LogP contribution in [0.3, 0.4) is 0 Å². The van der Waals surface area contributed by atoms with E-state index in [-0.39, 0.29) is 65.3 Å². The Balaban J connectivity index is 0.000000285. The monoisotopic (exact) mass is 869 g/mol. The smallest absolute Gasteiger partial charge is 1.00 e. The largest absolute Gasteiger partial charge is 8.00 e. The molecule has 0 aromatic rings. The maximum Gasteiger partial charge on any atom is 8.00 e. The molecule has 284 valence electrons. The molecule has 0 spiro atoms. The van der Waals surface area contributed by atoms with Crippen LogP contribution in [0.5, 0.6) is 0 Å². The van der Waals surface area contributed by atoms with Gasteiger partial charge >= 0.3 is 55.3 Å². The molecule has 0 unspecified atom stereocenters. The van der Waals surface area contributed by atoms with Crippen LogP contribution in [0.1, 0.15) is 0 Å². The van der Waals surface area contributed by atoms with Gasteiger partial charge in [-0.2, -0.15) is 71.4 Å². The van der Waals surface area contributed by atoms with Gasteiger partial charge in [0.1, 0.15) is 0 Å². The molecule has 0 saturated carbocycles. The molecular weight excluding hydrogens is 845 g/mol. The van der Waals surface area contributed by atoms with Crippen LogP contribution in [0.4, 0.5) is 0 Å². The van der Waals surface area contributed by atoms with Crippen LogP contribution in [-0.2, 0) is 48.2 Å². The van der Waals surface area contributed by atoms with Crippen molar-refractivity contribution in [1.82, 2.24) is 0 Å². The molecule has 0 aromatic carbocycles. The zero-order valence-corrected chi connectivity index (χ0v) is 30.4. The SMILES string of the molecule is O=C(O)C1=CC(=C2C=C(C(=O)O)C=C[N-]2)[N-]C=C1.O=C(O)C1=CC(=C2C=C(C(=O)O)C=C[N-]2)[N-]C=C1.O=C(O)C1=CC(=C2C=C(C(=O)O)C=C[N-]2)[N-]C=C1.[Cl-].[Ru+8]. The molecule has 0 atom stereocenters. The molecule has 18 nitrogen and oxygen atoms in total. The minimum atomic E-state index is -1.08. The average Bonchev–Trinajstić information content (AvgIpc) is 3.18. The number of aliphatic carboxylic acids is 6. The van der Waals surface area contributed by atoms with Gasteiger partial charge in [0.05, 0.1) is 33.4 Å². The molecule has 0 saturated heterocycles. The predicted octanol–water partition coefficient (Wildman–Crippen LogP) is 3.07. The Morgan fingerprint density at radius 1 is 0.304 bits per heavy atom. The molecule has 0 amide bonds. The van der Waals surface area contributed by atoms with Crippen molar-refractivity contribution in [1.29, 1.82) is 0 Å². The van der Waals surface area contributed by atoms with Crippen molar-refractivity contribution >= 4 is 35.8 Å². The van der Waals surface area contributed by atoms with E-state index in [1.54, 1.807) is 0 Å². The van der Waals surface area contributed by atoms with Crippen LogP contribution >= 0.6 is 0 Å². The number of halogens is 1. The van der Waals surface area contributed by atoms with E-state index in [4.69, 9.17) is 30.6 Å². The van der Waals surface area contributed by atoms with Gasteiger partial charge in [0, 0.05) is 0 Å². The number of hydrogen-bond donors (Lipinski definition) is 6. The van der Waals surface area contributed by atoms with E-state index in [0.29, 0.717) is 34.2 Å². The fraction of sp³-hybridized carbons (Fsp3) is 0. The predicted molar refractivity (Wildman–Crippen MR) is 190 cm³/mol. The van der Waals surface area contributed by atoms with Crippen molar-refractivity contribution in [2.75, 3.05) is 0 Å². The molecule has 0 radical (unpaired) electrons. The van der Waals surface area contributed by atoms with Crippen LogP contribution in [0.15, 0.2) is 178 Å². The Morgan fingerprint density at radius 2 is 0.429 bits per heavy atom. The van der Waals surface area contributed by atoms with Crippen molar-refractivity contribution in [3.63, 3.8) is 0 Å². The van der Waals surface area contributed by atoms with Crippen molar-refractivity contribution < 1.29 is 91.3 Å². The van der Waals surface area contributed by atoms with E-state index in [2.05, 4.69) is 31.9 Å². The second kappa shape index (κ2) is 20.8. The van der Waals surface area contributed by atoms with Gasteiger partial charge in [0.15, 0.2) is 0 Å². The van der Waals surface area contributed by atoms with Gasteiger partial charge in [-0.05, 0) is 0 Å². The second-order valence-corrected chi connectivity index (χ2v) is 10.4. The summed E-state index contributed by atoms with van der Waals surface area (Å²) in [6, 6.07) is 0. The molecule has 0 bridgehead atoms. The third-order valence-electron chi connectivity index (χ3n) is 6.83. The summed E-state index contributed by atoms with van der Waals surface area (Å²) >= 11 is 0. The summed E-state index contributed by atoms with van der Waals surface area (Å²) < 4.78 is 0. The number of carboxylic acid groups (broad SMARTS) is 6. The Hall–Kier alpha value is -7.37. The normalized spacial score (nSPS) is 20.8. The van der Waals surface area contributed by atoms with Gasteiger partial charge < -0.3 is 74.9 Å². The van der Waals surface area contributed by atoms with E-state index in [1.165, 1.54) is 110 Å². The summed E-state index contributed by atoms with van der Waals surface area (Å²) in [5.74, 6) is -6.46. The number of rotatable bonds is 6. The Kier molecular flexibility index (Phi) is 16.6. The van der Waals surface area contributed by atoms with E-state index in [0.717, 1.165) is 0 Å². The zero-order chi connectivity index (χ0) is 39.4. The molecule has 0 fully saturated rings. The van der Waals surface area contributed by atoms with E-state index in [1.807, 2.05) is 0 Å². The zero-order valence-electron chi connectivity index (χ0n) is 27.9. The van der Waals surface area contributed by atoms with E-state index in [9.17, 15) is 28.8 Å². The van der Waals surface area contributed by atoms with Crippen molar-refractivity contribution in [3.8, 4) is 0 Å². The first kappa shape index (κ1) is 44.8. The Bertz CT molecular complexity index is 1800. The first-order chi connectivity index (χ1) is 25.7. The van der Waals surface area contributed by atoms with Crippen molar-refractivity contribution in [2.45, 2.75) is 0 Å². The Morgan fingerprint density at radius 3 is 0.536 bits per heavy atom. The topological polar surface area (TPSA) is 308 Å². The summed E-state index contributed by atoms with van der Waals surface area (Å²) in [5.41, 5.74) is 2.34. The molecule has 6 aliphatic heterocycles. The van der Waals surface area contributed by atoms with Crippen LogP contribution in [0.25, 0.3) is 31.9 Å². The molecule has 56 heavy (non-hydrogen) atoms. The molecule has 6 heterocycles. The van der Waals surface area contributed by atoms with Crippen molar-refractivity contribution in [2.24, 2.45) is 0 Å². The number of carbonyl (C=O) groups is 6. The maximum atomic E-state index is 10.8. The van der Waals surface area contributed by atoms with Gasteiger partial charge in [-0.25, -0.2) is 28.8 Å². The van der Waals surface area contributed by atoms with E-state index < -0.39 is 35.8 Å². The molecule has 6 N–H and O–H groups in total. The molecule has 20 heteroatoms. The standard InChI is InChI=1S/3C12H8N2O4.ClH.Ru/c3*15-11(16)7-1-3-13-9(5-7)10-6-8(12(17)18)2-4-14-10;;/h3*1-6H,(H,15,16)(H,17,18);1H;/q3*-2;;+8/p-1. The van der Waals surface area contributed by atoms with Gasteiger partial charge in [-0.1, -0.05) is 72.9 Å². The molecule has 6 rings (SSSR count). The summed E-state index contributed by atoms with van der Waals surface area (Å²) in [4.78, 5) is 64.9. The van der Waals surface area contributed by atoms with Crippen LogP contribution in [-0.4, -0.2) is 66.5 Å². The van der Waals surface area contributed by atoms with Crippen LogP contribution in [0, 0.1) is 0 Å². The van der Waals surface area contributed by atoms with E-state index >= 15 is 0 Å². The van der Waals surface area contributed by atoms with Gasteiger partial charge in [0.25, 0.3) is 0 Å². The van der Waals surface area contributed by atoms with Gasteiger partial charge in [-0.15, -0.1) is 0 Å². The minimum absolute atomic E-state index is 0. The number of hydrogen-bond acceptors (Lipinski definition) is 6. The number of nitrogens with zero attached hydrogens (tertiary/aromatic N) is 6. The summed E-state index contributed by atoms with van der Waals surface area (Å²) in [6.45, 7) is 0. The molecule has 0 aliphatic carbocycles. The fourth-order valence-corrected chi connectivity index (χ4v) is 4.22. The second-order valence-electron chi connectivity index (χ2n) is 10.4. The minimum Gasteiger partial charge on any atom is -1.00 e. The van der Waals surface area contributed by atoms with Crippen LogP contribution < -0.4 is 12.4 Å². The molecular formula is C36H24ClN6O12Ru+. The third-order valence-corrected chi connectivity index (χ3v) is 6.83. The number of carboxylic acids is 6. The average molecular weight is 869 g/mol. The Labute approximate surface area is 335 Å². The summed E-state index contributed by atoms with van der Waals surface area (Å²) in [7, 11) is 0. The van der Waals surface area contributed by atoms with Crippen molar-refractivity contribution in [3.05, 3.63) is 210 Å².